The number of halogens is 1. The van der Waals surface area contributed by atoms with Crippen molar-refractivity contribution in [3.63, 3.8) is 0 Å². The van der Waals surface area contributed by atoms with Crippen LogP contribution in [-0.4, -0.2) is 25.0 Å². The molecule has 0 aliphatic rings. The molecular formula is C20H18ClN3O3. The molecule has 0 saturated heterocycles. The van der Waals surface area contributed by atoms with Gasteiger partial charge in [0.15, 0.2) is 0 Å². The van der Waals surface area contributed by atoms with E-state index in [1.54, 1.807) is 49.4 Å². The number of hydrogen-bond acceptors (Lipinski definition) is 5. The summed E-state index contributed by atoms with van der Waals surface area (Å²) in [4.78, 5) is 23.4. The lowest BCUT2D eigenvalue weighted by molar-refractivity contribution is -0.137. The lowest BCUT2D eigenvalue weighted by Crippen LogP contribution is -2.22. The summed E-state index contributed by atoms with van der Waals surface area (Å²) in [6.07, 6.45) is 3.01. The van der Waals surface area contributed by atoms with Gasteiger partial charge in [0, 0.05) is 16.8 Å². The van der Waals surface area contributed by atoms with E-state index in [4.69, 9.17) is 21.6 Å². The van der Waals surface area contributed by atoms with Gasteiger partial charge in [-0.05, 0) is 48.9 Å². The monoisotopic (exact) mass is 383 g/mol. The summed E-state index contributed by atoms with van der Waals surface area (Å²) >= 11 is 5.90. The molecule has 0 fully saturated rings. The molecule has 2 aromatic rings. The van der Waals surface area contributed by atoms with Gasteiger partial charge >= 0.3 is 5.97 Å². The number of nitriles is 1. The number of carbonyl (C=O) groups is 2. The lowest BCUT2D eigenvalue weighted by Gasteiger charge is -2.09. The number of esters is 1. The molecule has 0 atom stereocenters. The number of nitrogens with zero attached hydrogens (tertiary/aromatic N) is 1. The molecular weight excluding hydrogens is 366 g/mol. The Bertz CT molecular complexity index is 886. The fraction of sp³-hybridized carbons (Fsp3) is 0.150. The minimum absolute atomic E-state index is 0.0232. The van der Waals surface area contributed by atoms with Crippen molar-refractivity contribution < 1.29 is 14.3 Å². The number of benzene rings is 2. The molecule has 138 valence electrons. The van der Waals surface area contributed by atoms with E-state index in [0.717, 1.165) is 11.3 Å². The topological polar surface area (TPSA) is 91.2 Å². The molecule has 27 heavy (non-hydrogen) atoms. The molecule has 6 nitrogen and oxygen atoms in total. The molecule has 0 spiro atoms. The Kier molecular flexibility index (Phi) is 7.41. The second-order valence-electron chi connectivity index (χ2n) is 5.41. The summed E-state index contributed by atoms with van der Waals surface area (Å²) < 4.78 is 4.81. The second-order valence-corrected chi connectivity index (χ2v) is 5.85. The van der Waals surface area contributed by atoms with Gasteiger partial charge in [0.2, 0.25) is 5.91 Å². The fourth-order valence-corrected chi connectivity index (χ4v) is 2.33. The van der Waals surface area contributed by atoms with Gasteiger partial charge in [-0.1, -0.05) is 23.7 Å². The number of amides is 1. The molecule has 0 aliphatic heterocycles. The third-order valence-corrected chi connectivity index (χ3v) is 3.67. The summed E-state index contributed by atoms with van der Waals surface area (Å²) in [6.45, 7) is 2.10. The van der Waals surface area contributed by atoms with Crippen LogP contribution in [0.25, 0.3) is 6.08 Å². The smallest absolute Gasteiger partial charge is 0.330 e. The number of ether oxygens (including phenoxy) is 1. The first-order valence-corrected chi connectivity index (χ1v) is 8.58. The number of anilines is 2. The Morgan fingerprint density at radius 1 is 1.22 bits per heavy atom. The molecule has 0 saturated carbocycles. The third kappa shape index (κ3) is 6.49. The Morgan fingerprint density at radius 2 is 1.96 bits per heavy atom. The maximum absolute atomic E-state index is 12.1. The quantitative estimate of drug-likeness (QED) is 0.560. The Morgan fingerprint density at radius 3 is 2.63 bits per heavy atom. The summed E-state index contributed by atoms with van der Waals surface area (Å²) in [5, 5.41) is 15.1. The molecule has 0 heterocycles. The molecule has 0 radical (unpaired) electrons. The van der Waals surface area contributed by atoms with Crippen molar-refractivity contribution in [1.29, 1.82) is 5.26 Å². The van der Waals surface area contributed by atoms with Crippen LogP contribution in [0, 0.1) is 11.3 Å². The van der Waals surface area contributed by atoms with E-state index in [2.05, 4.69) is 10.6 Å². The first kappa shape index (κ1) is 20.0. The van der Waals surface area contributed by atoms with Gasteiger partial charge in [-0.2, -0.15) is 5.26 Å². The molecule has 2 aromatic carbocycles. The highest BCUT2D eigenvalue weighted by atomic mass is 35.5. The average Bonchev–Trinajstić information content (AvgIpc) is 2.66. The number of hydrogen-bond donors (Lipinski definition) is 2. The maximum Gasteiger partial charge on any atom is 0.330 e. The molecule has 1 amide bonds. The number of rotatable bonds is 7. The standard InChI is InChI=1S/C20H18ClN3O3/c1-2-27-20(26)10-5-14-3-8-17(9-4-14)23-13-19(25)24-18-11-16(21)7-6-15(18)12-22/h3-11,23H,2,13H2,1H3,(H,24,25)/b10-5+. The van der Waals surface area contributed by atoms with Crippen LogP contribution >= 0.6 is 11.6 Å². The zero-order valence-electron chi connectivity index (χ0n) is 14.7. The molecule has 0 bridgehead atoms. The van der Waals surface area contributed by atoms with E-state index >= 15 is 0 Å². The van der Waals surface area contributed by atoms with Crippen molar-refractivity contribution in [3.8, 4) is 6.07 Å². The predicted octanol–water partition coefficient (Wildman–Crippen LogP) is 3.84. The molecule has 0 unspecified atom stereocenters. The van der Waals surface area contributed by atoms with E-state index in [-0.39, 0.29) is 12.5 Å². The predicted molar refractivity (Wildman–Crippen MR) is 105 cm³/mol. The normalized spacial score (nSPS) is 10.3. The molecule has 2 rings (SSSR count). The zero-order valence-corrected chi connectivity index (χ0v) is 15.4. The summed E-state index contributed by atoms with van der Waals surface area (Å²) in [5.41, 5.74) is 2.28. The number of nitrogens with one attached hydrogen (secondary N) is 2. The van der Waals surface area contributed by atoms with Gasteiger partial charge in [0.1, 0.15) is 6.07 Å². The maximum atomic E-state index is 12.1. The van der Waals surface area contributed by atoms with Crippen molar-refractivity contribution in [2.45, 2.75) is 6.92 Å². The van der Waals surface area contributed by atoms with Crippen molar-refractivity contribution in [3.05, 3.63) is 64.7 Å². The SMILES string of the molecule is CCOC(=O)/C=C/c1ccc(NCC(=O)Nc2cc(Cl)ccc2C#N)cc1. The van der Waals surface area contributed by atoms with Crippen LogP contribution in [0.2, 0.25) is 5.02 Å². The molecule has 0 aliphatic carbocycles. The minimum atomic E-state index is -0.394. The lowest BCUT2D eigenvalue weighted by atomic mass is 10.2. The van der Waals surface area contributed by atoms with Crippen molar-refractivity contribution in [2.75, 3.05) is 23.8 Å². The largest absolute Gasteiger partial charge is 0.463 e. The van der Waals surface area contributed by atoms with Crippen molar-refractivity contribution in [2.24, 2.45) is 0 Å². The Labute approximate surface area is 162 Å². The van der Waals surface area contributed by atoms with Gasteiger partial charge < -0.3 is 15.4 Å². The van der Waals surface area contributed by atoms with Crippen LogP contribution in [-0.2, 0) is 14.3 Å². The van der Waals surface area contributed by atoms with Gasteiger partial charge in [-0.15, -0.1) is 0 Å². The molecule has 7 heteroatoms. The van der Waals surface area contributed by atoms with E-state index < -0.39 is 5.97 Å². The van der Waals surface area contributed by atoms with Crippen LogP contribution in [0.4, 0.5) is 11.4 Å². The summed E-state index contributed by atoms with van der Waals surface area (Å²) in [5.74, 6) is -0.700. The van der Waals surface area contributed by atoms with E-state index in [0.29, 0.717) is 22.9 Å². The summed E-state index contributed by atoms with van der Waals surface area (Å²) in [7, 11) is 0. The third-order valence-electron chi connectivity index (χ3n) is 3.44. The van der Waals surface area contributed by atoms with Crippen LogP contribution in [0.5, 0.6) is 0 Å². The highest BCUT2D eigenvalue weighted by Gasteiger charge is 2.07. The highest BCUT2D eigenvalue weighted by Crippen LogP contribution is 2.20. The van der Waals surface area contributed by atoms with Gasteiger partial charge in [-0.3, -0.25) is 4.79 Å². The second kappa shape index (κ2) is 10.00. The van der Waals surface area contributed by atoms with Crippen LogP contribution < -0.4 is 10.6 Å². The van der Waals surface area contributed by atoms with E-state index in [1.807, 2.05) is 6.07 Å². The minimum Gasteiger partial charge on any atom is -0.463 e. The highest BCUT2D eigenvalue weighted by molar-refractivity contribution is 6.31. The Hall–Kier alpha value is -3.30. The molecule has 0 aromatic heterocycles. The van der Waals surface area contributed by atoms with Crippen LogP contribution in [0.3, 0.4) is 0 Å². The van der Waals surface area contributed by atoms with E-state index in [9.17, 15) is 9.59 Å². The zero-order chi connectivity index (χ0) is 19.6. The van der Waals surface area contributed by atoms with Gasteiger partial charge in [0.25, 0.3) is 0 Å². The van der Waals surface area contributed by atoms with Gasteiger partial charge in [-0.25, -0.2) is 4.79 Å². The average molecular weight is 384 g/mol. The van der Waals surface area contributed by atoms with Crippen molar-refractivity contribution >= 4 is 40.9 Å². The van der Waals surface area contributed by atoms with E-state index in [1.165, 1.54) is 12.1 Å². The Balaban J connectivity index is 1.89. The van der Waals surface area contributed by atoms with Crippen LogP contribution in [0.15, 0.2) is 48.5 Å². The fourth-order valence-electron chi connectivity index (χ4n) is 2.16. The van der Waals surface area contributed by atoms with Crippen molar-refractivity contribution in [1.82, 2.24) is 0 Å². The van der Waals surface area contributed by atoms with Crippen LogP contribution in [0.1, 0.15) is 18.1 Å². The first-order valence-electron chi connectivity index (χ1n) is 8.20. The first-order chi connectivity index (χ1) is 13.0. The van der Waals surface area contributed by atoms with Gasteiger partial charge in [0.05, 0.1) is 24.4 Å². The molecule has 2 N–H and O–H groups in total. The summed E-state index contributed by atoms with van der Waals surface area (Å²) in [6, 6.07) is 13.9. The number of carbonyl (C=O) groups excluding carboxylic acids is 2.